The summed E-state index contributed by atoms with van der Waals surface area (Å²) in [5, 5.41) is 7.54. The Kier molecular flexibility index (Phi) is 5.58. The molecule has 9 heteroatoms. The summed E-state index contributed by atoms with van der Waals surface area (Å²) >= 11 is 0. The lowest BCUT2D eigenvalue weighted by Gasteiger charge is -2.40. The Labute approximate surface area is 205 Å². The summed E-state index contributed by atoms with van der Waals surface area (Å²) in [5.41, 5.74) is 1.53. The van der Waals surface area contributed by atoms with Gasteiger partial charge in [0, 0.05) is 18.0 Å². The highest BCUT2D eigenvalue weighted by Crippen LogP contribution is 2.43. The summed E-state index contributed by atoms with van der Waals surface area (Å²) in [5.74, 6) is -5.67. The van der Waals surface area contributed by atoms with Crippen molar-refractivity contribution in [1.29, 1.82) is 0 Å². The number of benzene rings is 3. The lowest BCUT2D eigenvalue weighted by atomic mass is 9.84. The van der Waals surface area contributed by atoms with Crippen LogP contribution >= 0.6 is 0 Å². The molecule has 5 rings (SSSR count). The molecule has 0 radical (unpaired) electrons. The smallest absolute Gasteiger partial charge is 0.321 e. The molecule has 1 aliphatic heterocycles. The van der Waals surface area contributed by atoms with Gasteiger partial charge in [-0.1, -0.05) is 30.3 Å². The number of rotatable bonds is 5. The maximum Gasteiger partial charge on any atom is 0.321 e. The highest BCUT2D eigenvalue weighted by atomic mass is 19.3. The SMILES string of the molecule is CC(F)(F)C(=O)NC1CC(=O)N(c2ccc3c(cnn3-c3ccc(F)cc3)c2)C1(C)c1ccccc1. The molecule has 1 saturated heterocycles. The number of hydrogen-bond acceptors (Lipinski definition) is 3. The van der Waals surface area contributed by atoms with Crippen molar-refractivity contribution in [3.05, 3.63) is 90.4 Å². The van der Waals surface area contributed by atoms with E-state index in [1.807, 2.05) is 6.07 Å². The minimum atomic E-state index is -3.58. The Bertz CT molecular complexity index is 1450. The number of anilines is 1. The zero-order chi connectivity index (χ0) is 25.7. The fourth-order valence-corrected chi connectivity index (χ4v) is 4.82. The van der Waals surface area contributed by atoms with Gasteiger partial charge in [0.2, 0.25) is 5.91 Å². The monoisotopic (exact) mass is 492 g/mol. The molecular formula is C27H23F3N4O2. The molecule has 0 bridgehead atoms. The van der Waals surface area contributed by atoms with E-state index in [-0.39, 0.29) is 18.1 Å². The van der Waals surface area contributed by atoms with Crippen LogP contribution in [0.1, 0.15) is 25.8 Å². The Morgan fingerprint density at radius 2 is 1.72 bits per heavy atom. The minimum absolute atomic E-state index is 0.139. The van der Waals surface area contributed by atoms with Crippen LogP contribution in [0.5, 0.6) is 0 Å². The molecule has 2 heterocycles. The molecule has 184 valence electrons. The number of amides is 2. The highest BCUT2D eigenvalue weighted by Gasteiger charge is 2.53. The summed E-state index contributed by atoms with van der Waals surface area (Å²) < 4.78 is 42.5. The fourth-order valence-electron chi connectivity index (χ4n) is 4.82. The number of halogens is 3. The zero-order valence-electron chi connectivity index (χ0n) is 19.6. The second-order valence-corrected chi connectivity index (χ2v) is 9.14. The Morgan fingerprint density at radius 1 is 1.06 bits per heavy atom. The highest BCUT2D eigenvalue weighted by molar-refractivity contribution is 6.01. The number of alkyl halides is 2. The first-order valence-electron chi connectivity index (χ1n) is 11.4. The summed E-state index contributed by atoms with van der Waals surface area (Å²) in [6.45, 7) is 2.29. The van der Waals surface area contributed by atoms with E-state index in [4.69, 9.17) is 0 Å². The van der Waals surface area contributed by atoms with Crippen molar-refractivity contribution in [3.8, 4) is 5.69 Å². The van der Waals surface area contributed by atoms with E-state index in [2.05, 4.69) is 10.4 Å². The molecule has 4 aromatic rings. The van der Waals surface area contributed by atoms with Crippen LogP contribution in [-0.2, 0) is 15.1 Å². The molecule has 0 aliphatic carbocycles. The topological polar surface area (TPSA) is 67.2 Å². The number of hydrogen-bond donors (Lipinski definition) is 1. The van der Waals surface area contributed by atoms with Gasteiger partial charge in [-0.3, -0.25) is 9.59 Å². The number of carbonyl (C=O) groups is 2. The van der Waals surface area contributed by atoms with Gasteiger partial charge in [0.25, 0.3) is 5.91 Å². The molecule has 1 fully saturated rings. The first-order valence-corrected chi connectivity index (χ1v) is 11.4. The third-order valence-electron chi connectivity index (χ3n) is 6.71. The molecule has 2 unspecified atom stereocenters. The molecule has 2 atom stereocenters. The van der Waals surface area contributed by atoms with Crippen molar-refractivity contribution in [2.75, 3.05) is 4.90 Å². The Morgan fingerprint density at radius 3 is 2.39 bits per heavy atom. The first-order chi connectivity index (χ1) is 17.1. The maximum atomic E-state index is 13.7. The van der Waals surface area contributed by atoms with Crippen molar-refractivity contribution in [2.45, 2.75) is 37.8 Å². The molecule has 3 aromatic carbocycles. The van der Waals surface area contributed by atoms with Gasteiger partial charge in [-0.15, -0.1) is 0 Å². The second-order valence-electron chi connectivity index (χ2n) is 9.14. The van der Waals surface area contributed by atoms with E-state index in [0.717, 1.165) is 10.9 Å². The molecule has 0 spiro atoms. The average molecular weight is 493 g/mol. The maximum absolute atomic E-state index is 13.7. The van der Waals surface area contributed by atoms with Crippen LogP contribution in [0.4, 0.5) is 18.9 Å². The van der Waals surface area contributed by atoms with E-state index < -0.39 is 23.4 Å². The Balaban J connectivity index is 1.58. The van der Waals surface area contributed by atoms with E-state index in [1.165, 1.54) is 12.1 Å². The zero-order valence-corrected chi connectivity index (χ0v) is 19.6. The minimum Gasteiger partial charge on any atom is -0.345 e. The molecule has 36 heavy (non-hydrogen) atoms. The van der Waals surface area contributed by atoms with Crippen LogP contribution in [0.25, 0.3) is 16.6 Å². The Hall–Kier alpha value is -4.14. The number of fused-ring (bicyclic) bond motifs is 1. The largest absolute Gasteiger partial charge is 0.345 e. The normalized spacial score (nSPS) is 20.2. The van der Waals surface area contributed by atoms with Gasteiger partial charge >= 0.3 is 5.92 Å². The van der Waals surface area contributed by atoms with E-state index in [0.29, 0.717) is 23.9 Å². The third-order valence-corrected chi connectivity index (χ3v) is 6.71. The van der Waals surface area contributed by atoms with Crippen molar-refractivity contribution < 1.29 is 22.8 Å². The fraction of sp³-hybridized carbons (Fsp3) is 0.222. The van der Waals surface area contributed by atoms with Gasteiger partial charge in [-0.25, -0.2) is 9.07 Å². The summed E-state index contributed by atoms with van der Waals surface area (Å²) in [6.07, 6.45) is 1.50. The van der Waals surface area contributed by atoms with Crippen LogP contribution in [0.2, 0.25) is 0 Å². The number of nitrogens with zero attached hydrogens (tertiary/aromatic N) is 3. The second kappa shape index (κ2) is 8.51. The standard InChI is InChI=1S/C27H23F3N4O2/c1-26(18-6-4-3-5-7-18)23(32-25(36)27(2,29)30)15-24(35)33(26)21-12-13-22-17(14-21)16-31-34(22)20-10-8-19(28)9-11-20/h3-14,16,23H,15H2,1-2H3,(H,32,36). The molecule has 1 aliphatic rings. The molecule has 2 amide bonds. The third kappa shape index (κ3) is 3.90. The van der Waals surface area contributed by atoms with Crippen molar-refractivity contribution in [1.82, 2.24) is 15.1 Å². The predicted octanol–water partition coefficient (Wildman–Crippen LogP) is 4.96. The number of nitrogens with one attached hydrogen (secondary N) is 1. The number of carbonyl (C=O) groups excluding carboxylic acids is 2. The van der Waals surface area contributed by atoms with E-state index in [9.17, 15) is 22.8 Å². The molecule has 1 aromatic heterocycles. The van der Waals surface area contributed by atoms with Crippen LogP contribution in [0.3, 0.4) is 0 Å². The lowest BCUT2D eigenvalue weighted by molar-refractivity contribution is -0.144. The van der Waals surface area contributed by atoms with Crippen LogP contribution in [-0.4, -0.2) is 33.6 Å². The van der Waals surface area contributed by atoms with E-state index in [1.54, 1.807) is 77.3 Å². The summed E-state index contributed by atoms with van der Waals surface area (Å²) in [6, 6.07) is 19.4. The van der Waals surface area contributed by atoms with Crippen LogP contribution in [0, 0.1) is 5.82 Å². The van der Waals surface area contributed by atoms with Gasteiger partial charge in [-0.05, 0) is 55.0 Å². The predicted molar refractivity (Wildman–Crippen MR) is 129 cm³/mol. The van der Waals surface area contributed by atoms with Crippen molar-refractivity contribution >= 4 is 28.4 Å². The van der Waals surface area contributed by atoms with Crippen molar-refractivity contribution in [2.24, 2.45) is 0 Å². The van der Waals surface area contributed by atoms with Gasteiger partial charge < -0.3 is 10.2 Å². The van der Waals surface area contributed by atoms with Gasteiger partial charge in [-0.2, -0.15) is 13.9 Å². The van der Waals surface area contributed by atoms with Gasteiger partial charge in [0.15, 0.2) is 0 Å². The van der Waals surface area contributed by atoms with Gasteiger partial charge in [0.05, 0.1) is 35.4 Å². The summed E-state index contributed by atoms with van der Waals surface area (Å²) in [4.78, 5) is 27.1. The first kappa shape index (κ1) is 23.6. The van der Waals surface area contributed by atoms with Crippen molar-refractivity contribution in [3.63, 3.8) is 0 Å². The number of aromatic nitrogens is 2. The van der Waals surface area contributed by atoms with Crippen LogP contribution in [0.15, 0.2) is 79.0 Å². The summed E-state index contributed by atoms with van der Waals surface area (Å²) in [7, 11) is 0. The van der Waals surface area contributed by atoms with Crippen LogP contribution < -0.4 is 10.2 Å². The molecule has 0 saturated carbocycles. The lowest BCUT2D eigenvalue weighted by Crippen LogP contribution is -2.55. The quantitative estimate of drug-likeness (QED) is 0.429. The molecule has 1 N–H and O–H groups in total. The molecular weight excluding hydrogens is 469 g/mol. The van der Waals surface area contributed by atoms with Gasteiger partial charge in [0.1, 0.15) is 5.82 Å². The molecule has 6 nitrogen and oxygen atoms in total. The average Bonchev–Trinajstić information content (AvgIpc) is 3.38. The van der Waals surface area contributed by atoms with E-state index >= 15 is 0 Å².